The van der Waals surface area contributed by atoms with Crippen molar-refractivity contribution in [2.24, 2.45) is 0 Å². The van der Waals surface area contributed by atoms with Crippen molar-refractivity contribution < 1.29 is 18.9 Å². The van der Waals surface area contributed by atoms with Crippen LogP contribution in [0.15, 0.2) is 0 Å². The molecule has 4 heteroatoms. The Morgan fingerprint density at radius 3 is 1.71 bits per heavy atom. The van der Waals surface area contributed by atoms with E-state index in [1.54, 1.807) is 0 Å². The van der Waals surface area contributed by atoms with Gasteiger partial charge < -0.3 is 18.9 Å². The van der Waals surface area contributed by atoms with Crippen molar-refractivity contribution in [1.29, 1.82) is 0 Å². The van der Waals surface area contributed by atoms with Crippen LogP contribution >= 0.6 is 0 Å². The fraction of sp³-hybridized carbons (Fsp3) is 1.00. The third-order valence-electron chi connectivity index (χ3n) is 4.51. The molecule has 0 aromatic rings. The Morgan fingerprint density at radius 1 is 0.583 bits per heavy atom. The number of unbranched alkanes of at least 4 members (excludes halogenated alkanes) is 9. The first-order valence-electron chi connectivity index (χ1n) is 10.3. The standard InChI is InChI=1S/C20H40O4/c1-2-3-4-5-6-7-8-9-10-11-12-20-19-23-16-15-21-13-14-22-17-18-24-20/h20H,2-19H2,1H3. The Bertz CT molecular complexity index is 236. The van der Waals surface area contributed by atoms with Crippen molar-refractivity contribution in [3.8, 4) is 0 Å². The molecule has 1 unspecified atom stereocenters. The summed E-state index contributed by atoms with van der Waals surface area (Å²) >= 11 is 0. The van der Waals surface area contributed by atoms with E-state index in [9.17, 15) is 0 Å². The molecule has 1 rings (SSSR count). The van der Waals surface area contributed by atoms with E-state index in [1.807, 2.05) is 0 Å². The average molecular weight is 345 g/mol. The van der Waals surface area contributed by atoms with Crippen LogP contribution in [0.2, 0.25) is 0 Å². The van der Waals surface area contributed by atoms with Crippen molar-refractivity contribution >= 4 is 0 Å². The molecule has 1 heterocycles. The van der Waals surface area contributed by atoms with Gasteiger partial charge in [-0.15, -0.1) is 0 Å². The summed E-state index contributed by atoms with van der Waals surface area (Å²) in [7, 11) is 0. The highest BCUT2D eigenvalue weighted by Gasteiger charge is 2.10. The minimum Gasteiger partial charge on any atom is -0.377 e. The summed E-state index contributed by atoms with van der Waals surface area (Å²) in [6, 6.07) is 0. The van der Waals surface area contributed by atoms with Gasteiger partial charge in [-0.05, 0) is 6.42 Å². The molecule has 0 radical (unpaired) electrons. The third-order valence-corrected chi connectivity index (χ3v) is 4.51. The largest absolute Gasteiger partial charge is 0.377 e. The van der Waals surface area contributed by atoms with E-state index in [-0.39, 0.29) is 6.10 Å². The smallest absolute Gasteiger partial charge is 0.0809 e. The first-order chi connectivity index (χ1) is 11.9. The van der Waals surface area contributed by atoms with E-state index >= 15 is 0 Å². The average Bonchev–Trinajstić information content (AvgIpc) is 2.58. The van der Waals surface area contributed by atoms with Gasteiger partial charge in [-0.25, -0.2) is 0 Å². The maximum Gasteiger partial charge on any atom is 0.0809 e. The molecule has 24 heavy (non-hydrogen) atoms. The molecular formula is C20H40O4. The lowest BCUT2D eigenvalue weighted by atomic mass is 10.0. The van der Waals surface area contributed by atoms with Crippen LogP contribution in [0.25, 0.3) is 0 Å². The van der Waals surface area contributed by atoms with Crippen LogP contribution in [0.4, 0.5) is 0 Å². The number of hydrogen-bond acceptors (Lipinski definition) is 4. The van der Waals surface area contributed by atoms with Crippen LogP contribution in [0.3, 0.4) is 0 Å². The van der Waals surface area contributed by atoms with Gasteiger partial charge in [-0.3, -0.25) is 0 Å². The molecule has 0 aromatic carbocycles. The van der Waals surface area contributed by atoms with Gasteiger partial charge in [0.25, 0.3) is 0 Å². The van der Waals surface area contributed by atoms with Crippen LogP contribution in [-0.4, -0.2) is 52.4 Å². The summed E-state index contributed by atoms with van der Waals surface area (Å²) in [4.78, 5) is 0. The zero-order chi connectivity index (χ0) is 17.1. The van der Waals surface area contributed by atoms with Gasteiger partial charge in [-0.1, -0.05) is 71.1 Å². The fourth-order valence-electron chi connectivity index (χ4n) is 3.00. The first kappa shape index (κ1) is 21.9. The molecule has 0 spiro atoms. The lowest BCUT2D eigenvalue weighted by molar-refractivity contribution is -0.0690. The highest BCUT2D eigenvalue weighted by molar-refractivity contribution is 4.59. The SMILES string of the molecule is CCCCCCCCCCCCC1COCCOCCOCCO1. The molecule has 0 bridgehead atoms. The monoisotopic (exact) mass is 344 g/mol. The Balaban J connectivity index is 1.96. The van der Waals surface area contributed by atoms with Crippen LogP contribution in [0, 0.1) is 0 Å². The summed E-state index contributed by atoms with van der Waals surface area (Å²) in [5, 5.41) is 0. The third kappa shape index (κ3) is 14.2. The molecule has 1 aliphatic rings. The van der Waals surface area contributed by atoms with Crippen LogP contribution in [0.1, 0.15) is 77.6 Å². The summed E-state index contributed by atoms with van der Waals surface area (Å²) in [6.45, 7) is 6.85. The number of rotatable bonds is 11. The first-order valence-corrected chi connectivity index (χ1v) is 10.3. The van der Waals surface area contributed by atoms with Gasteiger partial charge in [-0.2, -0.15) is 0 Å². The lowest BCUT2D eigenvalue weighted by Crippen LogP contribution is -2.24. The van der Waals surface area contributed by atoms with E-state index in [1.165, 1.54) is 64.2 Å². The van der Waals surface area contributed by atoms with Crippen molar-refractivity contribution in [2.75, 3.05) is 46.2 Å². The minimum atomic E-state index is 0.210. The second kappa shape index (κ2) is 17.7. The van der Waals surface area contributed by atoms with Gasteiger partial charge in [0.1, 0.15) is 0 Å². The normalized spacial score (nSPS) is 21.1. The Hall–Kier alpha value is -0.160. The predicted molar refractivity (Wildman–Crippen MR) is 98.7 cm³/mol. The van der Waals surface area contributed by atoms with Gasteiger partial charge in [0.15, 0.2) is 0 Å². The Kier molecular flexibility index (Phi) is 16.1. The van der Waals surface area contributed by atoms with Crippen LogP contribution in [-0.2, 0) is 18.9 Å². The van der Waals surface area contributed by atoms with E-state index in [0.717, 1.165) is 6.42 Å². The highest BCUT2D eigenvalue weighted by Crippen LogP contribution is 2.13. The van der Waals surface area contributed by atoms with E-state index in [4.69, 9.17) is 18.9 Å². The maximum atomic E-state index is 5.91. The van der Waals surface area contributed by atoms with Crippen molar-refractivity contribution in [2.45, 2.75) is 83.7 Å². The summed E-state index contributed by atoms with van der Waals surface area (Å²) in [5.41, 5.74) is 0. The van der Waals surface area contributed by atoms with Crippen molar-refractivity contribution in [1.82, 2.24) is 0 Å². The molecule has 0 aromatic heterocycles. The second-order valence-corrected chi connectivity index (χ2v) is 6.76. The van der Waals surface area contributed by atoms with Crippen molar-refractivity contribution in [3.05, 3.63) is 0 Å². The fourth-order valence-corrected chi connectivity index (χ4v) is 3.00. The molecule has 0 N–H and O–H groups in total. The quantitative estimate of drug-likeness (QED) is 0.507. The van der Waals surface area contributed by atoms with Crippen LogP contribution < -0.4 is 0 Å². The summed E-state index contributed by atoms with van der Waals surface area (Å²) < 4.78 is 22.5. The van der Waals surface area contributed by atoms with Crippen LogP contribution in [0.5, 0.6) is 0 Å². The second-order valence-electron chi connectivity index (χ2n) is 6.76. The molecule has 1 atom stereocenters. The maximum absolute atomic E-state index is 5.91. The Morgan fingerprint density at radius 2 is 1.08 bits per heavy atom. The van der Waals surface area contributed by atoms with E-state index in [2.05, 4.69) is 6.92 Å². The molecule has 4 nitrogen and oxygen atoms in total. The van der Waals surface area contributed by atoms with E-state index in [0.29, 0.717) is 46.2 Å². The zero-order valence-electron chi connectivity index (χ0n) is 15.9. The molecule has 0 aliphatic carbocycles. The molecule has 1 aliphatic heterocycles. The molecule has 144 valence electrons. The molecule has 1 fully saturated rings. The zero-order valence-corrected chi connectivity index (χ0v) is 15.9. The van der Waals surface area contributed by atoms with Gasteiger partial charge in [0.2, 0.25) is 0 Å². The van der Waals surface area contributed by atoms with Gasteiger partial charge >= 0.3 is 0 Å². The summed E-state index contributed by atoms with van der Waals surface area (Å²) in [6.07, 6.45) is 15.0. The number of ether oxygens (including phenoxy) is 4. The molecule has 0 saturated carbocycles. The minimum absolute atomic E-state index is 0.210. The predicted octanol–water partition coefficient (Wildman–Crippen LogP) is 4.75. The number of hydrogen-bond donors (Lipinski definition) is 0. The summed E-state index contributed by atoms with van der Waals surface area (Å²) in [5.74, 6) is 0. The van der Waals surface area contributed by atoms with Crippen molar-refractivity contribution in [3.63, 3.8) is 0 Å². The van der Waals surface area contributed by atoms with Gasteiger partial charge in [0, 0.05) is 0 Å². The Labute approximate surface area is 149 Å². The van der Waals surface area contributed by atoms with E-state index < -0.39 is 0 Å². The van der Waals surface area contributed by atoms with Gasteiger partial charge in [0.05, 0.1) is 52.4 Å². The lowest BCUT2D eigenvalue weighted by Gasteiger charge is -2.19. The molecular weight excluding hydrogens is 304 g/mol. The topological polar surface area (TPSA) is 36.9 Å². The molecule has 0 amide bonds. The highest BCUT2D eigenvalue weighted by atomic mass is 16.6. The molecule has 1 saturated heterocycles.